The van der Waals surface area contributed by atoms with Crippen LogP contribution in [-0.4, -0.2) is 28.6 Å². The molecular formula is C14H22BrNO2. The molecule has 0 N–H and O–H groups in total. The monoisotopic (exact) mass is 315 g/mol. The number of piperidine rings is 1. The van der Waals surface area contributed by atoms with Crippen LogP contribution in [-0.2, 0) is 9.59 Å². The highest BCUT2D eigenvalue weighted by Crippen LogP contribution is 2.42. The Kier molecular flexibility index (Phi) is 3.86. The Labute approximate surface area is 117 Å². The third kappa shape index (κ3) is 2.79. The Morgan fingerprint density at radius 1 is 1.11 bits per heavy atom. The van der Waals surface area contributed by atoms with Gasteiger partial charge in [-0.15, -0.1) is 0 Å². The molecule has 1 aliphatic carbocycles. The van der Waals surface area contributed by atoms with Gasteiger partial charge in [0.15, 0.2) is 0 Å². The van der Waals surface area contributed by atoms with Gasteiger partial charge in [0.1, 0.15) is 0 Å². The number of imide groups is 1. The van der Waals surface area contributed by atoms with Gasteiger partial charge in [0.2, 0.25) is 11.8 Å². The van der Waals surface area contributed by atoms with E-state index in [2.05, 4.69) is 15.9 Å². The second-order valence-electron chi connectivity index (χ2n) is 6.73. The topological polar surface area (TPSA) is 37.4 Å². The summed E-state index contributed by atoms with van der Waals surface area (Å²) in [5.41, 5.74) is -0.0330. The summed E-state index contributed by atoms with van der Waals surface area (Å²) in [6.45, 7) is 4.61. The first-order valence-corrected chi connectivity index (χ1v) is 7.89. The highest BCUT2D eigenvalue weighted by atomic mass is 79.9. The van der Waals surface area contributed by atoms with Gasteiger partial charge in [0.25, 0.3) is 0 Å². The lowest BCUT2D eigenvalue weighted by Gasteiger charge is -2.39. The van der Waals surface area contributed by atoms with Crippen LogP contribution in [0.4, 0.5) is 0 Å². The third-order valence-corrected chi connectivity index (χ3v) is 5.49. The van der Waals surface area contributed by atoms with E-state index in [4.69, 9.17) is 0 Å². The highest BCUT2D eigenvalue weighted by molar-refractivity contribution is 9.09. The lowest BCUT2D eigenvalue weighted by molar-refractivity contribution is -0.154. The normalized spacial score (nSPS) is 26.7. The molecule has 2 rings (SSSR count). The summed E-state index contributed by atoms with van der Waals surface area (Å²) in [5, 5.41) is 0.889. The van der Waals surface area contributed by atoms with Crippen molar-refractivity contribution in [2.24, 2.45) is 10.8 Å². The van der Waals surface area contributed by atoms with Gasteiger partial charge in [-0.3, -0.25) is 14.5 Å². The van der Waals surface area contributed by atoms with E-state index in [1.807, 2.05) is 13.8 Å². The van der Waals surface area contributed by atoms with Crippen LogP contribution in [0.15, 0.2) is 0 Å². The zero-order valence-corrected chi connectivity index (χ0v) is 12.9. The SMILES string of the molecule is CC1(C)CC(=O)N(CC2(CBr)CCCC2)C(=O)C1. The minimum absolute atomic E-state index is 0.0171. The smallest absolute Gasteiger partial charge is 0.229 e. The first-order chi connectivity index (χ1) is 8.37. The number of rotatable bonds is 3. The molecule has 3 nitrogen and oxygen atoms in total. The Morgan fingerprint density at radius 3 is 2.06 bits per heavy atom. The number of alkyl halides is 1. The largest absolute Gasteiger partial charge is 0.282 e. The van der Waals surface area contributed by atoms with E-state index >= 15 is 0 Å². The van der Waals surface area contributed by atoms with Crippen molar-refractivity contribution < 1.29 is 9.59 Å². The highest BCUT2D eigenvalue weighted by Gasteiger charge is 2.42. The summed E-state index contributed by atoms with van der Waals surface area (Å²) in [6, 6.07) is 0. The first-order valence-electron chi connectivity index (χ1n) is 6.77. The summed E-state index contributed by atoms with van der Waals surface area (Å²) in [7, 11) is 0. The molecule has 0 unspecified atom stereocenters. The molecule has 0 atom stereocenters. The molecule has 2 fully saturated rings. The van der Waals surface area contributed by atoms with Gasteiger partial charge in [-0.05, 0) is 23.7 Å². The number of nitrogens with zero attached hydrogens (tertiary/aromatic N) is 1. The summed E-state index contributed by atoms with van der Waals surface area (Å²) in [5.74, 6) is 0.0342. The fourth-order valence-electron chi connectivity index (χ4n) is 3.18. The number of hydrogen-bond donors (Lipinski definition) is 0. The van der Waals surface area contributed by atoms with E-state index in [9.17, 15) is 9.59 Å². The fraction of sp³-hybridized carbons (Fsp3) is 0.857. The Morgan fingerprint density at radius 2 is 1.61 bits per heavy atom. The average molecular weight is 316 g/mol. The van der Waals surface area contributed by atoms with Crippen molar-refractivity contribution in [2.45, 2.75) is 52.4 Å². The maximum atomic E-state index is 12.2. The van der Waals surface area contributed by atoms with Crippen LogP contribution in [0.2, 0.25) is 0 Å². The molecule has 1 aliphatic heterocycles. The Balaban J connectivity index is 2.09. The maximum absolute atomic E-state index is 12.2. The summed E-state index contributed by atoms with van der Waals surface area (Å²) in [6.07, 6.45) is 5.67. The van der Waals surface area contributed by atoms with Crippen LogP contribution < -0.4 is 0 Å². The van der Waals surface area contributed by atoms with E-state index < -0.39 is 0 Å². The molecule has 0 aromatic rings. The molecule has 102 valence electrons. The first kappa shape index (κ1) is 14.0. The van der Waals surface area contributed by atoms with Crippen LogP contribution >= 0.6 is 15.9 Å². The van der Waals surface area contributed by atoms with Gasteiger partial charge in [-0.1, -0.05) is 42.6 Å². The molecule has 0 aromatic carbocycles. The second-order valence-corrected chi connectivity index (χ2v) is 7.29. The predicted molar refractivity (Wildman–Crippen MR) is 74.4 cm³/mol. The summed E-state index contributed by atoms with van der Waals surface area (Å²) >= 11 is 3.57. The van der Waals surface area contributed by atoms with E-state index in [0.29, 0.717) is 19.4 Å². The minimum atomic E-state index is -0.165. The van der Waals surface area contributed by atoms with E-state index in [-0.39, 0.29) is 22.6 Å². The van der Waals surface area contributed by atoms with Crippen LogP contribution in [0.1, 0.15) is 52.4 Å². The molecule has 0 bridgehead atoms. The zero-order chi connectivity index (χ0) is 13.4. The lowest BCUT2D eigenvalue weighted by atomic mass is 9.80. The fourth-order valence-corrected chi connectivity index (χ4v) is 3.92. The number of likely N-dealkylation sites (tertiary alicyclic amines) is 1. The number of amides is 2. The molecule has 0 spiro atoms. The molecule has 2 amide bonds. The second kappa shape index (κ2) is 4.95. The number of halogens is 1. The number of carbonyl (C=O) groups is 2. The molecule has 0 aromatic heterocycles. The molecule has 18 heavy (non-hydrogen) atoms. The quantitative estimate of drug-likeness (QED) is 0.592. The molecule has 4 heteroatoms. The molecule has 1 saturated carbocycles. The summed E-state index contributed by atoms with van der Waals surface area (Å²) < 4.78 is 0. The molecule has 1 saturated heterocycles. The third-order valence-electron chi connectivity index (χ3n) is 4.30. The standard InChI is InChI=1S/C14H22BrNO2/c1-13(2)7-11(17)16(12(18)8-13)10-14(9-15)5-3-4-6-14/h3-10H2,1-2H3. The van der Waals surface area contributed by atoms with Crippen LogP contribution in [0, 0.1) is 10.8 Å². The average Bonchev–Trinajstić information content (AvgIpc) is 2.71. The van der Waals surface area contributed by atoms with Crippen LogP contribution in [0.3, 0.4) is 0 Å². The van der Waals surface area contributed by atoms with Gasteiger partial charge in [-0.2, -0.15) is 0 Å². The molecular weight excluding hydrogens is 294 g/mol. The van der Waals surface area contributed by atoms with E-state index in [1.54, 1.807) is 0 Å². The van der Waals surface area contributed by atoms with Crippen molar-refractivity contribution in [1.29, 1.82) is 0 Å². The van der Waals surface area contributed by atoms with Crippen molar-refractivity contribution in [3.63, 3.8) is 0 Å². The number of carbonyl (C=O) groups excluding carboxylic acids is 2. The zero-order valence-electron chi connectivity index (χ0n) is 11.3. The van der Waals surface area contributed by atoms with Crippen LogP contribution in [0.25, 0.3) is 0 Å². The molecule has 0 radical (unpaired) electrons. The summed E-state index contributed by atoms with van der Waals surface area (Å²) in [4.78, 5) is 25.8. The maximum Gasteiger partial charge on any atom is 0.229 e. The van der Waals surface area contributed by atoms with Crippen molar-refractivity contribution in [1.82, 2.24) is 4.90 Å². The predicted octanol–water partition coefficient (Wildman–Crippen LogP) is 3.12. The molecule has 2 aliphatic rings. The van der Waals surface area contributed by atoms with Gasteiger partial charge in [-0.25, -0.2) is 0 Å². The van der Waals surface area contributed by atoms with Crippen LogP contribution in [0.5, 0.6) is 0 Å². The number of hydrogen-bond acceptors (Lipinski definition) is 2. The van der Waals surface area contributed by atoms with Crippen molar-refractivity contribution >= 4 is 27.7 Å². The Hall–Kier alpha value is -0.380. The minimum Gasteiger partial charge on any atom is -0.282 e. The van der Waals surface area contributed by atoms with Crippen molar-refractivity contribution in [2.75, 3.05) is 11.9 Å². The van der Waals surface area contributed by atoms with Gasteiger partial charge < -0.3 is 0 Å². The van der Waals surface area contributed by atoms with Gasteiger partial charge >= 0.3 is 0 Å². The van der Waals surface area contributed by atoms with Gasteiger partial charge in [0.05, 0.1) is 0 Å². The lowest BCUT2D eigenvalue weighted by Crippen LogP contribution is -2.50. The van der Waals surface area contributed by atoms with E-state index in [0.717, 1.165) is 18.2 Å². The Bertz CT molecular complexity index is 339. The molecule has 1 heterocycles. The van der Waals surface area contributed by atoms with Gasteiger partial charge in [0, 0.05) is 24.7 Å². The van der Waals surface area contributed by atoms with Crippen molar-refractivity contribution in [3.8, 4) is 0 Å². The van der Waals surface area contributed by atoms with E-state index in [1.165, 1.54) is 17.7 Å². The van der Waals surface area contributed by atoms with Crippen molar-refractivity contribution in [3.05, 3.63) is 0 Å².